The molecule has 1 aromatic heterocycles. The molecule has 0 aliphatic rings. The van der Waals surface area contributed by atoms with Gasteiger partial charge in [0.2, 0.25) is 0 Å². The van der Waals surface area contributed by atoms with Crippen molar-refractivity contribution in [2.24, 2.45) is 10.7 Å². The van der Waals surface area contributed by atoms with Gasteiger partial charge in [-0.25, -0.2) is 17.8 Å². The van der Waals surface area contributed by atoms with E-state index >= 15 is 0 Å². The van der Waals surface area contributed by atoms with Crippen molar-refractivity contribution >= 4 is 21.7 Å². The van der Waals surface area contributed by atoms with Crippen molar-refractivity contribution in [1.82, 2.24) is 4.98 Å². The predicted molar refractivity (Wildman–Crippen MR) is 154 cm³/mol. The van der Waals surface area contributed by atoms with Crippen LogP contribution in [0.2, 0.25) is 0 Å². The Bertz CT molecular complexity index is 1950. The van der Waals surface area contributed by atoms with Gasteiger partial charge < -0.3 is 20.0 Å². The standard InChI is InChI=1S/C30H24F7N3O5S/c1-15(28(38)29(32,33)34)13-39-24-9-6-18(19-11-23(31)22(14-41)25(12-19)46(3,42)43)10-21(24)27-26(40-16(2)44-27)17-4-7-20(8-5-17)45-30(35,36)37/h4-13,41H,14,38H2,1-3H3. The number of halogens is 7. The number of hydrogen-bond acceptors (Lipinski definition) is 8. The van der Waals surface area contributed by atoms with Crippen molar-refractivity contribution in [2.75, 3.05) is 6.26 Å². The average molecular weight is 672 g/mol. The molecule has 4 rings (SSSR count). The van der Waals surface area contributed by atoms with Gasteiger partial charge in [-0.2, -0.15) is 13.2 Å². The summed E-state index contributed by atoms with van der Waals surface area (Å²) in [5.41, 5.74) is 3.68. The Morgan fingerprint density at radius 1 is 1.02 bits per heavy atom. The van der Waals surface area contributed by atoms with Gasteiger partial charge in [0.15, 0.2) is 21.5 Å². The lowest BCUT2D eigenvalue weighted by molar-refractivity contribution is -0.274. The number of aromatic nitrogens is 1. The molecule has 3 aromatic carbocycles. The normalized spacial score (nSPS) is 13.3. The molecule has 0 unspecified atom stereocenters. The minimum Gasteiger partial charge on any atom is -0.440 e. The smallest absolute Gasteiger partial charge is 0.440 e. The molecular weight excluding hydrogens is 647 g/mol. The maximum Gasteiger partial charge on any atom is 0.573 e. The summed E-state index contributed by atoms with van der Waals surface area (Å²) >= 11 is 0. The number of sulfone groups is 1. The number of aliphatic imine (C=N–C) groups is 1. The molecule has 0 aliphatic heterocycles. The summed E-state index contributed by atoms with van der Waals surface area (Å²) in [6.45, 7) is 1.67. The van der Waals surface area contributed by atoms with Gasteiger partial charge in [0.1, 0.15) is 23.0 Å². The molecule has 1 heterocycles. The maximum atomic E-state index is 15.0. The van der Waals surface area contributed by atoms with E-state index in [9.17, 15) is 44.3 Å². The maximum absolute atomic E-state index is 15.0. The number of nitrogens with two attached hydrogens (primary N) is 1. The number of ether oxygens (including phenoxy) is 1. The second kappa shape index (κ2) is 12.6. The van der Waals surface area contributed by atoms with Crippen LogP contribution in [-0.4, -0.2) is 43.5 Å². The first-order valence-electron chi connectivity index (χ1n) is 13.0. The number of aliphatic hydroxyl groups is 1. The first-order valence-corrected chi connectivity index (χ1v) is 14.9. The zero-order valence-electron chi connectivity index (χ0n) is 24.1. The van der Waals surface area contributed by atoms with Crippen molar-refractivity contribution in [3.63, 3.8) is 0 Å². The van der Waals surface area contributed by atoms with Crippen LogP contribution in [0.4, 0.5) is 36.4 Å². The molecule has 0 radical (unpaired) electrons. The predicted octanol–water partition coefficient (Wildman–Crippen LogP) is 7.41. The molecule has 8 nitrogen and oxygen atoms in total. The second-order valence-corrected chi connectivity index (χ2v) is 11.9. The van der Waals surface area contributed by atoms with E-state index in [0.717, 1.165) is 43.7 Å². The molecule has 0 amide bonds. The summed E-state index contributed by atoms with van der Waals surface area (Å²) in [4.78, 5) is 8.01. The fraction of sp³-hybridized carbons (Fsp3) is 0.200. The lowest BCUT2D eigenvalue weighted by Gasteiger charge is -2.13. The summed E-state index contributed by atoms with van der Waals surface area (Å²) in [6.07, 6.45) is -8.06. The van der Waals surface area contributed by atoms with Crippen molar-refractivity contribution in [2.45, 2.75) is 37.9 Å². The van der Waals surface area contributed by atoms with Crippen molar-refractivity contribution in [3.8, 4) is 39.5 Å². The highest BCUT2D eigenvalue weighted by molar-refractivity contribution is 7.90. The fourth-order valence-electron chi connectivity index (χ4n) is 4.35. The fourth-order valence-corrected chi connectivity index (χ4v) is 5.30. The third-order valence-electron chi connectivity index (χ3n) is 6.51. The van der Waals surface area contributed by atoms with Gasteiger partial charge in [-0.1, -0.05) is 6.07 Å². The second-order valence-electron chi connectivity index (χ2n) is 9.93. The molecule has 3 N–H and O–H groups in total. The van der Waals surface area contributed by atoms with E-state index in [2.05, 4.69) is 14.7 Å². The van der Waals surface area contributed by atoms with Gasteiger partial charge in [-0.3, -0.25) is 4.99 Å². The first-order chi connectivity index (χ1) is 21.3. The van der Waals surface area contributed by atoms with E-state index in [4.69, 9.17) is 10.2 Å². The summed E-state index contributed by atoms with van der Waals surface area (Å²) in [7, 11) is -4.00. The van der Waals surface area contributed by atoms with Crippen molar-refractivity contribution < 1.29 is 53.4 Å². The number of oxazole rings is 1. The van der Waals surface area contributed by atoms with E-state index in [1.54, 1.807) is 0 Å². The van der Waals surface area contributed by atoms with E-state index in [-0.39, 0.29) is 45.3 Å². The summed E-state index contributed by atoms with van der Waals surface area (Å²) < 4.78 is 127. The minimum absolute atomic E-state index is 0.0165. The number of alkyl halides is 6. The number of nitrogens with zero attached hydrogens (tertiary/aromatic N) is 2. The highest BCUT2D eigenvalue weighted by Crippen LogP contribution is 2.41. The van der Waals surface area contributed by atoms with E-state index in [1.807, 2.05) is 0 Å². The van der Waals surface area contributed by atoms with Crippen LogP contribution in [0.15, 0.2) is 80.2 Å². The molecule has 0 aliphatic carbocycles. The number of hydrogen-bond donors (Lipinski definition) is 2. The molecule has 244 valence electrons. The van der Waals surface area contributed by atoms with Gasteiger partial charge in [0.05, 0.1) is 17.2 Å². The zero-order chi connectivity index (χ0) is 34.2. The van der Waals surface area contributed by atoms with Crippen LogP contribution in [-0.2, 0) is 16.4 Å². The van der Waals surface area contributed by atoms with Crippen molar-refractivity contribution in [3.05, 3.63) is 83.1 Å². The molecular formula is C30H24F7N3O5S. The Kier molecular flexibility index (Phi) is 9.36. The van der Waals surface area contributed by atoms with E-state index in [0.29, 0.717) is 0 Å². The monoisotopic (exact) mass is 671 g/mol. The number of rotatable bonds is 8. The lowest BCUT2D eigenvalue weighted by atomic mass is 9.97. The quantitative estimate of drug-likeness (QED) is 0.147. The lowest BCUT2D eigenvalue weighted by Crippen LogP contribution is -2.21. The van der Waals surface area contributed by atoms with Gasteiger partial charge in [-0.15, -0.1) is 13.2 Å². The van der Waals surface area contributed by atoms with Crippen LogP contribution < -0.4 is 10.5 Å². The third-order valence-corrected chi connectivity index (χ3v) is 7.67. The molecule has 0 saturated heterocycles. The van der Waals surface area contributed by atoms with Gasteiger partial charge in [0, 0.05) is 36.1 Å². The van der Waals surface area contributed by atoms with Crippen LogP contribution in [0.25, 0.3) is 33.7 Å². The molecule has 16 heteroatoms. The number of aryl methyl sites for hydroxylation is 1. The highest BCUT2D eigenvalue weighted by atomic mass is 32.2. The first kappa shape index (κ1) is 34.2. The number of allylic oxidation sites excluding steroid dienone is 2. The molecule has 0 saturated carbocycles. The minimum atomic E-state index is -4.93. The van der Waals surface area contributed by atoms with Crippen LogP contribution >= 0.6 is 0 Å². The largest absolute Gasteiger partial charge is 0.573 e. The molecule has 0 spiro atoms. The van der Waals surface area contributed by atoms with Gasteiger partial charge in [0.25, 0.3) is 0 Å². The number of benzene rings is 3. The molecule has 0 fully saturated rings. The Labute approximate surface area is 257 Å². The Balaban J connectivity index is 1.95. The summed E-state index contributed by atoms with van der Waals surface area (Å²) in [5.74, 6) is -1.44. The summed E-state index contributed by atoms with van der Waals surface area (Å²) in [5, 5.41) is 9.57. The van der Waals surface area contributed by atoms with Crippen molar-refractivity contribution in [1.29, 1.82) is 0 Å². The van der Waals surface area contributed by atoms with Gasteiger partial charge in [-0.05, 0) is 72.2 Å². The number of aliphatic hydroxyl groups excluding tert-OH is 1. The molecule has 0 atom stereocenters. The van der Waals surface area contributed by atoms with Crippen LogP contribution in [0, 0.1) is 12.7 Å². The SMILES string of the molecule is CC(C=Nc1ccc(-c2cc(F)c(CO)c(S(C)(=O)=O)c2)cc1-c1oc(C)nc1-c1ccc(OC(F)(F)F)cc1)=C(N)C(F)(F)F. The highest BCUT2D eigenvalue weighted by Gasteiger charge is 2.33. The Hall–Kier alpha value is -4.70. The molecule has 4 aromatic rings. The average Bonchev–Trinajstić information content (AvgIpc) is 3.34. The van der Waals surface area contributed by atoms with Crippen LogP contribution in [0.3, 0.4) is 0 Å². The van der Waals surface area contributed by atoms with Crippen LogP contribution in [0.1, 0.15) is 18.4 Å². The van der Waals surface area contributed by atoms with E-state index in [1.165, 1.54) is 37.3 Å². The Morgan fingerprint density at radius 3 is 2.22 bits per heavy atom. The molecule has 0 bridgehead atoms. The topological polar surface area (TPSA) is 128 Å². The zero-order valence-corrected chi connectivity index (χ0v) is 24.9. The third kappa shape index (κ3) is 7.74. The summed E-state index contributed by atoms with van der Waals surface area (Å²) in [6, 6.07) is 10.9. The van der Waals surface area contributed by atoms with Crippen LogP contribution in [0.5, 0.6) is 5.75 Å². The van der Waals surface area contributed by atoms with Gasteiger partial charge >= 0.3 is 12.5 Å². The van der Waals surface area contributed by atoms with E-state index < -0.39 is 62.3 Å². The Morgan fingerprint density at radius 2 is 1.65 bits per heavy atom. The molecule has 46 heavy (non-hydrogen) atoms.